The summed E-state index contributed by atoms with van der Waals surface area (Å²) in [6.07, 6.45) is 3.83. The van der Waals surface area contributed by atoms with E-state index in [2.05, 4.69) is 15.3 Å². The van der Waals surface area contributed by atoms with E-state index in [1.165, 1.54) is 11.8 Å². The molecule has 154 valence electrons. The molecule has 0 fully saturated rings. The lowest BCUT2D eigenvalue weighted by molar-refractivity contribution is -0.115. The summed E-state index contributed by atoms with van der Waals surface area (Å²) in [5, 5.41) is 3.82. The first-order valence-corrected chi connectivity index (χ1v) is 10.7. The number of thioether (sulfide) groups is 1. The number of aromatic nitrogens is 2. The Bertz CT molecular complexity index is 1090. The molecule has 0 aliphatic carbocycles. The maximum absolute atomic E-state index is 12.9. The number of anilines is 1. The minimum absolute atomic E-state index is 0.108. The van der Waals surface area contributed by atoms with Crippen molar-refractivity contribution in [3.05, 3.63) is 65.6 Å². The zero-order valence-corrected chi connectivity index (χ0v) is 18.0. The monoisotopic (exact) mass is 441 g/mol. The molecular weight excluding hydrogens is 422 g/mol. The zero-order chi connectivity index (χ0) is 21.1. The summed E-state index contributed by atoms with van der Waals surface area (Å²) in [6.45, 7) is 3.89. The van der Waals surface area contributed by atoms with Crippen LogP contribution in [0.4, 0.5) is 5.69 Å². The van der Waals surface area contributed by atoms with Gasteiger partial charge in [-0.25, -0.2) is 4.98 Å². The van der Waals surface area contributed by atoms with Crippen molar-refractivity contribution in [3.8, 4) is 22.9 Å². The fourth-order valence-corrected chi connectivity index (χ4v) is 4.08. The number of hydrogen-bond donors (Lipinski definition) is 2. The molecule has 30 heavy (non-hydrogen) atoms. The molecule has 3 heterocycles. The van der Waals surface area contributed by atoms with E-state index in [0.717, 1.165) is 5.56 Å². The number of nitrogens with one attached hydrogen (secondary N) is 2. The molecule has 1 aromatic carbocycles. The standard InChI is InChI=1S/C22H20ClN3O3S/c1-3-18(21(27)24-15-12-14(23)9-8-13(15)2)30-22-25-19(16-6-4-10-28-16)20(26-22)17-7-5-11-29-17/h4-12,18H,3H2,1-2H3,(H,24,27)(H,25,26). The van der Waals surface area contributed by atoms with Crippen LogP contribution in [0.3, 0.4) is 0 Å². The SMILES string of the molecule is CCC(Sc1nc(-c2ccco2)c(-c2ccco2)[nH]1)C(=O)Nc1cc(Cl)ccc1C. The molecule has 4 aromatic rings. The van der Waals surface area contributed by atoms with Crippen LogP contribution >= 0.6 is 23.4 Å². The van der Waals surface area contributed by atoms with Gasteiger partial charge in [0.05, 0.1) is 17.8 Å². The van der Waals surface area contributed by atoms with E-state index in [-0.39, 0.29) is 11.2 Å². The molecule has 0 radical (unpaired) electrons. The van der Waals surface area contributed by atoms with Gasteiger partial charge in [-0.15, -0.1) is 0 Å². The van der Waals surface area contributed by atoms with E-state index in [1.54, 1.807) is 30.7 Å². The van der Waals surface area contributed by atoms with Crippen LogP contribution in [-0.4, -0.2) is 21.1 Å². The lowest BCUT2D eigenvalue weighted by Crippen LogP contribution is -2.25. The number of halogens is 1. The normalized spacial score (nSPS) is 12.1. The highest BCUT2D eigenvalue weighted by Crippen LogP contribution is 2.35. The first-order valence-electron chi connectivity index (χ1n) is 9.46. The first-order chi connectivity index (χ1) is 14.5. The number of benzene rings is 1. The minimum atomic E-state index is -0.344. The molecule has 0 aliphatic heterocycles. The van der Waals surface area contributed by atoms with Crippen LogP contribution in [0.25, 0.3) is 22.9 Å². The van der Waals surface area contributed by atoms with Crippen LogP contribution < -0.4 is 5.32 Å². The summed E-state index contributed by atoms with van der Waals surface area (Å²) in [6, 6.07) is 12.7. The molecule has 0 bridgehead atoms. The number of H-pyrrole nitrogens is 1. The molecular formula is C22H20ClN3O3S. The van der Waals surface area contributed by atoms with Gasteiger partial charge in [0, 0.05) is 10.7 Å². The quantitative estimate of drug-likeness (QED) is 0.324. The molecule has 6 nitrogen and oxygen atoms in total. The van der Waals surface area contributed by atoms with Gasteiger partial charge in [0.2, 0.25) is 5.91 Å². The molecule has 0 spiro atoms. The number of carbonyl (C=O) groups is 1. The van der Waals surface area contributed by atoms with Crippen molar-refractivity contribution < 1.29 is 13.6 Å². The second-order valence-electron chi connectivity index (χ2n) is 6.68. The van der Waals surface area contributed by atoms with Gasteiger partial charge in [-0.05, 0) is 55.3 Å². The Hall–Kier alpha value is -2.90. The van der Waals surface area contributed by atoms with Crippen molar-refractivity contribution in [2.24, 2.45) is 0 Å². The van der Waals surface area contributed by atoms with Crippen molar-refractivity contribution >= 4 is 35.0 Å². The molecule has 1 amide bonds. The molecule has 1 unspecified atom stereocenters. The minimum Gasteiger partial charge on any atom is -0.463 e. The lowest BCUT2D eigenvalue weighted by atomic mass is 10.2. The Balaban J connectivity index is 1.58. The number of amides is 1. The predicted octanol–water partition coefficient (Wildman–Crippen LogP) is 6.40. The summed E-state index contributed by atoms with van der Waals surface area (Å²) < 4.78 is 11.1. The van der Waals surface area contributed by atoms with E-state index in [1.807, 2.05) is 38.1 Å². The van der Waals surface area contributed by atoms with Gasteiger partial charge in [-0.1, -0.05) is 36.4 Å². The van der Waals surface area contributed by atoms with E-state index in [0.29, 0.717) is 45.2 Å². The third-order valence-corrected chi connectivity index (χ3v) is 6.06. The van der Waals surface area contributed by atoms with Gasteiger partial charge in [0.25, 0.3) is 0 Å². The molecule has 2 N–H and O–H groups in total. The van der Waals surface area contributed by atoms with Crippen molar-refractivity contribution in [1.29, 1.82) is 0 Å². The highest BCUT2D eigenvalue weighted by molar-refractivity contribution is 8.00. The van der Waals surface area contributed by atoms with E-state index in [4.69, 9.17) is 20.4 Å². The second kappa shape index (κ2) is 8.85. The summed E-state index contributed by atoms with van der Waals surface area (Å²) in [5.74, 6) is 1.16. The molecule has 1 atom stereocenters. The Morgan fingerprint density at radius 1 is 1.20 bits per heavy atom. The van der Waals surface area contributed by atoms with Gasteiger partial charge in [-0.3, -0.25) is 4.79 Å². The van der Waals surface area contributed by atoms with Crippen molar-refractivity contribution in [2.75, 3.05) is 5.32 Å². The zero-order valence-electron chi connectivity index (χ0n) is 16.4. The highest BCUT2D eigenvalue weighted by atomic mass is 35.5. The maximum Gasteiger partial charge on any atom is 0.237 e. The topological polar surface area (TPSA) is 84.1 Å². The number of imidazole rings is 1. The van der Waals surface area contributed by atoms with Crippen molar-refractivity contribution in [2.45, 2.75) is 30.7 Å². The van der Waals surface area contributed by atoms with Crippen LogP contribution in [0, 0.1) is 6.92 Å². The third-order valence-electron chi connectivity index (χ3n) is 4.58. The van der Waals surface area contributed by atoms with Gasteiger partial charge in [-0.2, -0.15) is 0 Å². The van der Waals surface area contributed by atoms with Crippen LogP contribution in [0.15, 0.2) is 69.0 Å². The smallest absolute Gasteiger partial charge is 0.237 e. The number of aromatic amines is 1. The van der Waals surface area contributed by atoms with Gasteiger partial charge < -0.3 is 19.1 Å². The van der Waals surface area contributed by atoms with Crippen LogP contribution in [0.5, 0.6) is 0 Å². The van der Waals surface area contributed by atoms with Crippen molar-refractivity contribution in [3.63, 3.8) is 0 Å². The molecule has 0 saturated heterocycles. The fraction of sp³-hybridized carbons (Fsp3) is 0.182. The summed E-state index contributed by atoms with van der Waals surface area (Å²) in [4.78, 5) is 20.9. The highest BCUT2D eigenvalue weighted by Gasteiger charge is 2.24. The van der Waals surface area contributed by atoms with Crippen LogP contribution in [-0.2, 0) is 4.79 Å². The predicted molar refractivity (Wildman–Crippen MR) is 119 cm³/mol. The Morgan fingerprint density at radius 3 is 2.60 bits per heavy atom. The van der Waals surface area contributed by atoms with Crippen LogP contribution in [0.1, 0.15) is 18.9 Å². The number of hydrogen-bond acceptors (Lipinski definition) is 5. The summed E-state index contributed by atoms with van der Waals surface area (Å²) in [7, 11) is 0. The van der Waals surface area contributed by atoms with E-state index in [9.17, 15) is 4.79 Å². The largest absolute Gasteiger partial charge is 0.463 e. The Labute approximate surface area is 183 Å². The number of aryl methyl sites for hydroxylation is 1. The summed E-state index contributed by atoms with van der Waals surface area (Å²) in [5.41, 5.74) is 3.00. The van der Waals surface area contributed by atoms with Crippen LogP contribution in [0.2, 0.25) is 5.02 Å². The average Bonchev–Trinajstić information content (AvgIpc) is 3.49. The molecule has 8 heteroatoms. The number of carbonyl (C=O) groups excluding carboxylic acids is 1. The number of nitrogens with zero attached hydrogens (tertiary/aromatic N) is 1. The summed E-state index contributed by atoms with van der Waals surface area (Å²) >= 11 is 7.43. The first kappa shape index (κ1) is 20.4. The maximum atomic E-state index is 12.9. The molecule has 4 rings (SSSR count). The second-order valence-corrected chi connectivity index (χ2v) is 8.31. The van der Waals surface area contributed by atoms with Gasteiger partial charge in [0.15, 0.2) is 16.7 Å². The fourth-order valence-electron chi connectivity index (χ4n) is 3.00. The number of furan rings is 2. The molecule has 0 aliphatic rings. The molecule has 3 aromatic heterocycles. The molecule has 0 saturated carbocycles. The van der Waals surface area contributed by atoms with E-state index >= 15 is 0 Å². The average molecular weight is 442 g/mol. The van der Waals surface area contributed by atoms with Crippen molar-refractivity contribution in [1.82, 2.24) is 9.97 Å². The van der Waals surface area contributed by atoms with E-state index < -0.39 is 0 Å². The van der Waals surface area contributed by atoms with Gasteiger partial charge >= 0.3 is 0 Å². The Morgan fingerprint density at radius 2 is 1.93 bits per heavy atom. The number of rotatable bonds is 7. The Kier molecular flexibility index (Phi) is 6.01. The lowest BCUT2D eigenvalue weighted by Gasteiger charge is -2.15. The van der Waals surface area contributed by atoms with Gasteiger partial charge in [0.1, 0.15) is 11.4 Å². The third kappa shape index (κ3) is 4.32.